The smallest absolute Gasteiger partial charge is 0.258 e. The first-order chi connectivity index (χ1) is 15.6. The summed E-state index contributed by atoms with van der Waals surface area (Å²) in [6, 6.07) is 21.9. The van der Waals surface area contributed by atoms with E-state index in [1.54, 1.807) is 42.5 Å². The van der Waals surface area contributed by atoms with Crippen LogP contribution in [0.25, 0.3) is 11.1 Å². The Morgan fingerprint density at radius 1 is 0.969 bits per heavy atom. The van der Waals surface area contributed by atoms with Crippen molar-refractivity contribution in [3.05, 3.63) is 93.5 Å². The lowest BCUT2D eigenvalue weighted by atomic mass is 9.95. The van der Waals surface area contributed by atoms with Crippen molar-refractivity contribution in [1.82, 2.24) is 10.2 Å². The third-order valence-corrected chi connectivity index (χ3v) is 7.24. The van der Waals surface area contributed by atoms with Crippen LogP contribution < -0.4 is 5.32 Å². The van der Waals surface area contributed by atoms with E-state index in [1.165, 1.54) is 23.1 Å². The molecule has 3 aromatic carbocycles. The fourth-order valence-corrected chi connectivity index (χ4v) is 5.51. The van der Waals surface area contributed by atoms with Gasteiger partial charge in [-0.15, -0.1) is 10.2 Å². The molecule has 0 bridgehead atoms. The highest BCUT2D eigenvalue weighted by Gasteiger charge is 2.17. The highest BCUT2D eigenvalue weighted by atomic mass is 35.5. The van der Waals surface area contributed by atoms with Crippen molar-refractivity contribution in [2.45, 2.75) is 10.1 Å². The van der Waals surface area contributed by atoms with E-state index in [4.69, 9.17) is 23.2 Å². The van der Waals surface area contributed by atoms with Gasteiger partial charge >= 0.3 is 0 Å². The fraction of sp³-hybridized carbons (Fsp3) is 0.0435. The number of nitrogens with one attached hydrogen (secondary N) is 1. The molecule has 1 aromatic heterocycles. The zero-order valence-electron chi connectivity index (χ0n) is 16.4. The van der Waals surface area contributed by atoms with Gasteiger partial charge in [0.25, 0.3) is 5.91 Å². The molecule has 1 amide bonds. The molecule has 158 valence electrons. The standard InChI is InChI=1S/C23H14Cl2N4OS2/c24-19-10-5-11-20(25)18(19)13-31-23-29-28-22(32-23)27-21(30)17-9-4-3-8-16(17)15-7-2-1-6-14(15)12-26/h1-11H,13H2,(H,27,28,30). The van der Waals surface area contributed by atoms with E-state index in [0.717, 1.165) is 5.56 Å². The lowest BCUT2D eigenvalue weighted by molar-refractivity contribution is 0.102. The Balaban J connectivity index is 1.50. The third-order valence-electron chi connectivity index (χ3n) is 4.54. The second kappa shape index (κ2) is 10.2. The van der Waals surface area contributed by atoms with Gasteiger partial charge < -0.3 is 0 Å². The largest absolute Gasteiger partial charge is 0.296 e. The number of hydrogen-bond acceptors (Lipinski definition) is 6. The highest BCUT2D eigenvalue weighted by Crippen LogP contribution is 2.34. The van der Waals surface area contributed by atoms with E-state index in [2.05, 4.69) is 21.6 Å². The van der Waals surface area contributed by atoms with Crippen molar-refractivity contribution < 1.29 is 4.79 Å². The molecule has 0 unspecified atom stereocenters. The van der Waals surface area contributed by atoms with Gasteiger partial charge in [-0.3, -0.25) is 10.1 Å². The van der Waals surface area contributed by atoms with Gasteiger partial charge in [0.05, 0.1) is 11.6 Å². The number of carbonyl (C=O) groups is 1. The second-order valence-electron chi connectivity index (χ2n) is 6.52. The zero-order valence-corrected chi connectivity index (χ0v) is 19.5. The first-order valence-electron chi connectivity index (χ1n) is 9.36. The molecule has 5 nitrogen and oxygen atoms in total. The maximum absolute atomic E-state index is 13.0. The van der Waals surface area contributed by atoms with Crippen molar-refractivity contribution in [2.24, 2.45) is 0 Å². The molecule has 32 heavy (non-hydrogen) atoms. The number of anilines is 1. The van der Waals surface area contributed by atoms with E-state index >= 15 is 0 Å². The molecule has 4 aromatic rings. The number of benzene rings is 3. The van der Waals surface area contributed by atoms with Crippen LogP contribution in [-0.2, 0) is 5.75 Å². The average Bonchev–Trinajstić information content (AvgIpc) is 3.26. The third kappa shape index (κ3) is 4.95. The summed E-state index contributed by atoms with van der Waals surface area (Å²) in [6.45, 7) is 0. The van der Waals surface area contributed by atoms with Crippen LogP contribution in [0.3, 0.4) is 0 Å². The zero-order chi connectivity index (χ0) is 22.5. The maximum Gasteiger partial charge on any atom is 0.258 e. The minimum Gasteiger partial charge on any atom is -0.296 e. The van der Waals surface area contributed by atoms with Crippen molar-refractivity contribution in [3.63, 3.8) is 0 Å². The molecule has 0 saturated carbocycles. The van der Waals surface area contributed by atoms with E-state index < -0.39 is 0 Å². The summed E-state index contributed by atoms with van der Waals surface area (Å²) in [5.41, 5.74) is 3.15. The Morgan fingerprint density at radius 2 is 1.66 bits per heavy atom. The number of carbonyl (C=O) groups excluding carboxylic acids is 1. The van der Waals surface area contributed by atoms with Crippen LogP contribution in [-0.4, -0.2) is 16.1 Å². The number of rotatable bonds is 6. The van der Waals surface area contributed by atoms with Crippen LogP contribution in [0.5, 0.6) is 0 Å². The van der Waals surface area contributed by atoms with Gasteiger partial charge in [-0.05, 0) is 35.4 Å². The van der Waals surface area contributed by atoms with E-state index in [9.17, 15) is 10.1 Å². The van der Waals surface area contributed by atoms with Crippen molar-refractivity contribution in [1.29, 1.82) is 5.26 Å². The Bertz CT molecular complexity index is 1310. The van der Waals surface area contributed by atoms with Gasteiger partial charge in [-0.2, -0.15) is 5.26 Å². The van der Waals surface area contributed by atoms with Crippen LogP contribution >= 0.6 is 46.3 Å². The summed E-state index contributed by atoms with van der Waals surface area (Å²) < 4.78 is 0.680. The molecule has 1 N–H and O–H groups in total. The molecule has 0 atom stereocenters. The Morgan fingerprint density at radius 3 is 2.41 bits per heavy atom. The predicted octanol–water partition coefficient (Wildman–Crippen LogP) is 6.93. The predicted molar refractivity (Wildman–Crippen MR) is 130 cm³/mol. The molecule has 9 heteroatoms. The SMILES string of the molecule is N#Cc1ccccc1-c1ccccc1C(=O)Nc1nnc(SCc2c(Cl)cccc2Cl)s1. The monoisotopic (exact) mass is 496 g/mol. The first kappa shape index (κ1) is 22.3. The Kier molecular flexibility index (Phi) is 7.08. The van der Waals surface area contributed by atoms with E-state index in [1.807, 2.05) is 24.3 Å². The van der Waals surface area contributed by atoms with Crippen molar-refractivity contribution in [2.75, 3.05) is 5.32 Å². The maximum atomic E-state index is 13.0. The average molecular weight is 497 g/mol. The lowest BCUT2D eigenvalue weighted by Gasteiger charge is -2.10. The van der Waals surface area contributed by atoms with Gasteiger partial charge in [-0.1, -0.05) is 88.8 Å². The quantitative estimate of drug-likeness (QED) is 0.231. The number of aromatic nitrogens is 2. The minimum atomic E-state index is -0.324. The number of nitrogens with zero attached hydrogens (tertiary/aromatic N) is 3. The number of nitriles is 1. The van der Waals surface area contributed by atoms with Gasteiger partial charge in [0.2, 0.25) is 5.13 Å². The molecular weight excluding hydrogens is 483 g/mol. The Labute approximate surface area is 203 Å². The summed E-state index contributed by atoms with van der Waals surface area (Å²) in [4.78, 5) is 13.0. The molecule has 0 radical (unpaired) electrons. The molecule has 1 heterocycles. The van der Waals surface area contributed by atoms with E-state index in [0.29, 0.717) is 47.5 Å². The molecule has 0 saturated heterocycles. The van der Waals surface area contributed by atoms with Gasteiger partial charge in [0, 0.05) is 26.9 Å². The van der Waals surface area contributed by atoms with Crippen LogP contribution in [0, 0.1) is 11.3 Å². The Hall–Kier alpha value is -2.89. The van der Waals surface area contributed by atoms with Gasteiger partial charge in [0.15, 0.2) is 4.34 Å². The normalized spacial score (nSPS) is 10.5. The number of thioether (sulfide) groups is 1. The second-order valence-corrected chi connectivity index (χ2v) is 9.53. The molecule has 0 aliphatic heterocycles. The molecule has 0 aliphatic rings. The molecule has 0 spiro atoms. The summed E-state index contributed by atoms with van der Waals surface area (Å²) >= 11 is 15.1. The van der Waals surface area contributed by atoms with Gasteiger partial charge in [-0.25, -0.2) is 0 Å². The summed E-state index contributed by atoms with van der Waals surface area (Å²) in [7, 11) is 0. The summed E-state index contributed by atoms with van der Waals surface area (Å²) in [5.74, 6) is 0.213. The topological polar surface area (TPSA) is 78.7 Å². The summed E-state index contributed by atoms with van der Waals surface area (Å²) in [5, 5.41) is 22.0. The molecule has 0 fully saturated rings. The first-order valence-corrected chi connectivity index (χ1v) is 11.9. The van der Waals surface area contributed by atoms with Gasteiger partial charge in [0.1, 0.15) is 0 Å². The lowest BCUT2D eigenvalue weighted by Crippen LogP contribution is -2.13. The highest BCUT2D eigenvalue weighted by molar-refractivity contribution is 8.00. The number of hydrogen-bond donors (Lipinski definition) is 1. The summed E-state index contributed by atoms with van der Waals surface area (Å²) in [6.07, 6.45) is 0. The van der Waals surface area contributed by atoms with Crippen LogP contribution in [0.2, 0.25) is 10.0 Å². The van der Waals surface area contributed by atoms with Crippen LogP contribution in [0.15, 0.2) is 71.1 Å². The number of halogens is 2. The van der Waals surface area contributed by atoms with Crippen LogP contribution in [0.1, 0.15) is 21.5 Å². The molecular formula is C23H14Cl2N4OS2. The molecule has 4 rings (SSSR count). The number of amides is 1. The minimum absolute atomic E-state index is 0.324. The van der Waals surface area contributed by atoms with Crippen molar-refractivity contribution in [3.8, 4) is 17.2 Å². The van der Waals surface area contributed by atoms with Crippen LogP contribution in [0.4, 0.5) is 5.13 Å². The fourth-order valence-electron chi connectivity index (χ4n) is 3.02. The van der Waals surface area contributed by atoms with E-state index in [-0.39, 0.29) is 5.91 Å². The molecule has 0 aliphatic carbocycles. The van der Waals surface area contributed by atoms with Crippen molar-refractivity contribution >= 4 is 57.3 Å².